The van der Waals surface area contributed by atoms with Crippen molar-refractivity contribution in [3.8, 4) is 0 Å². The molecule has 0 aliphatic carbocycles. The van der Waals surface area contributed by atoms with Crippen molar-refractivity contribution in [2.24, 2.45) is 0 Å². The van der Waals surface area contributed by atoms with Crippen LogP contribution in [0.4, 0.5) is 4.79 Å². The smallest absolute Gasteiger partial charge is 0.408 e. The molecule has 4 nitrogen and oxygen atoms in total. The first-order valence-corrected chi connectivity index (χ1v) is 6.17. The van der Waals surface area contributed by atoms with E-state index in [4.69, 9.17) is 4.74 Å². The molecule has 1 heterocycles. The van der Waals surface area contributed by atoms with Crippen LogP contribution in [0.2, 0.25) is 0 Å². The van der Waals surface area contributed by atoms with Crippen LogP contribution >= 0.6 is 15.9 Å². The number of hydrogen-bond acceptors (Lipinski definition) is 3. The summed E-state index contributed by atoms with van der Waals surface area (Å²) in [7, 11) is 0. The van der Waals surface area contributed by atoms with E-state index in [2.05, 4.69) is 26.2 Å². The number of amides is 1. The van der Waals surface area contributed by atoms with Gasteiger partial charge in [-0.1, -0.05) is 0 Å². The molecule has 0 saturated carbocycles. The van der Waals surface area contributed by atoms with E-state index < -0.39 is 11.7 Å². The normalized spacial score (nSPS) is 13.0. The van der Waals surface area contributed by atoms with Gasteiger partial charge in [0.1, 0.15) is 5.60 Å². The number of carbonyl (C=O) groups excluding carboxylic acids is 1. The third-order valence-electron chi connectivity index (χ3n) is 1.96. The fourth-order valence-electron chi connectivity index (χ4n) is 1.23. The summed E-state index contributed by atoms with van der Waals surface area (Å²) in [5, 5.41) is 2.76. The molecule has 1 rings (SSSR count). The molecular weight excluding hydrogens is 284 g/mol. The second kappa shape index (κ2) is 5.49. The van der Waals surface area contributed by atoms with E-state index in [1.165, 1.54) is 0 Å². The van der Waals surface area contributed by atoms with E-state index in [1.54, 1.807) is 12.4 Å². The summed E-state index contributed by atoms with van der Waals surface area (Å²) in [4.78, 5) is 15.6. The number of rotatable bonds is 2. The molecule has 1 aromatic heterocycles. The minimum absolute atomic E-state index is 0.144. The predicted molar refractivity (Wildman–Crippen MR) is 69.7 cm³/mol. The first-order valence-electron chi connectivity index (χ1n) is 5.38. The van der Waals surface area contributed by atoms with Crippen LogP contribution in [0.5, 0.6) is 0 Å². The molecule has 0 aliphatic rings. The van der Waals surface area contributed by atoms with Gasteiger partial charge in [0, 0.05) is 16.9 Å². The molecule has 17 heavy (non-hydrogen) atoms. The number of pyridine rings is 1. The van der Waals surface area contributed by atoms with Crippen molar-refractivity contribution >= 4 is 22.0 Å². The predicted octanol–water partition coefficient (Wildman–Crippen LogP) is 3.43. The second-order valence-electron chi connectivity index (χ2n) is 4.80. The maximum atomic E-state index is 11.6. The zero-order valence-corrected chi connectivity index (χ0v) is 12.0. The number of aromatic nitrogens is 1. The Labute approximate surface area is 110 Å². The van der Waals surface area contributed by atoms with Crippen LogP contribution in [0.25, 0.3) is 0 Å². The van der Waals surface area contributed by atoms with Crippen LogP contribution < -0.4 is 5.32 Å². The van der Waals surface area contributed by atoms with Crippen molar-refractivity contribution in [2.75, 3.05) is 0 Å². The zero-order valence-electron chi connectivity index (χ0n) is 10.5. The summed E-state index contributed by atoms with van der Waals surface area (Å²) in [6.07, 6.45) is 2.99. The lowest BCUT2D eigenvalue weighted by atomic mass is 10.1. The van der Waals surface area contributed by atoms with E-state index in [0.717, 1.165) is 10.0 Å². The maximum Gasteiger partial charge on any atom is 0.408 e. The molecule has 0 unspecified atom stereocenters. The van der Waals surface area contributed by atoms with Gasteiger partial charge < -0.3 is 10.1 Å². The summed E-state index contributed by atoms with van der Waals surface area (Å²) in [5.74, 6) is 0. The second-order valence-corrected chi connectivity index (χ2v) is 5.72. The van der Waals surface area contributed by atoms with Crippen LogP contribution in [0.3, 0.4) is 0 Å². The number of carbonyl (C=O) groups is 1. The molecule has 1 amide bonds. The van der Waals surface area contributed by atoms with E-state index in [-0.39, 0.29) is 6.04 Å². The van der Waals surface area contributed by atoms with Crippen LogP contribution in [0.15, 0.2) is 22.9 Å². The lowest BCUT2D eigenvalue weighted by Crippen LogP contribution is -2.34. The van der Waals surface area contributed by atoms with Gasteiger partial charge in [0.05, 0.1) is 6.04 Å². The third kappa shape index (κ3) is 5.17. The molecule has 0 aliphatic heterocycles. The minimum atomic E-state index is -0.487. The fraction of sp³-hybridized carbons (Fsp3) is 0.500. The van der Waals surface area contributed by atoms with Gasteiger partial charge in [-0.05, 0) is 55.3 Å². The molecule has 0 saturated heterocycles. The zero-order chi connectivity index (χ0) is 13.1. The molecule has 0 radical (unpaired) electrons. The quantitative estimate of drug-likeness (QED) is 0.910. The summed E-state index contributed by atoms with van der Waals surface area (Å²) in [5.41, 5.74) is 0.435. The van der Waals surface area contributed by atoms with Crippen molar-refractivity contribution in [1.29, 1.82) is 0 Å². The Morgan fingerprint density at radius 3 is 2.65 bits per heavy atom. The lowest BCUT2D eigenvalue weighted by Gasteiger charge is -2.22. The number of nitrogens with one attached hydrogen (secondary N) is 1. The first-order chi connectivity index (χ1) is 7.78. The van der Waals surface area contributed by atoms with Gasteiger partial charge in [0.15, 0.2) is 0 Å². The number of hydrogen-bond donors (Lipinski definition) is 1. The van der Waals surface area contributed by atoms with Crippen molar-refractivity contribution in [1.82, 2.24) is 10.3 Å². The molecule has 1 aromatic rings. The van der Waals surface area contributed by atoms with Crippen molar-refractivity contribution in [2.45, 2.75) is 39.3 Å². The topological polar surface area (TPSA) is 51.2 Å². The highest BCUT2D eigenvalue weighted by Gasteiger charge is 2.18. The largest absolute Gasteiger partial charge is 0.444 e. The van der Waals surface area contributed by atoms with Crippen molar-refractivity contribution in [3.63, 3.8) is 0 Å². The van der Waals surface area contributed by atoms with Gasteiger partial charge in [0.2, 0.25) is 0 Å². The van der Waals surface area contributed by atoms with E-state index in [1.807, 2.05) is 33.8 Å². The lowest BCUT2D eigenvalue weighted by molar-refractivity contribution is 0.0508. The summed E-state index contributed by atoms with van der Waals surface area (Å²) < 4.78 is 6.06. The molecule has 5 heteroatoms. The highest BCUT2D eigenvalue weighted by molar-refractivity contribution is 9.10. The average Bonchev–Trinajstić information content (AvgIpc) is 2.14. The fourth-order valence-corrected chi connectivity index (χ4v) is 1.62. The Hall–Kier alpha value is -1.10. The SMILES string of the molecule is C[C@H](NC(=O)OC(C)(C)C)c1cncc(Br)c1. The number of halogens is 1. The van der Waals surface area contributed by atoms with Gasteiger partial charge in [-0.2, -0.15) is 0 Å². The molecule has 0 spiro atoms. The molecule has 0 fully saturated rings. The molecule has 0 bridgehead atoms. The van der Waals surface area contributed by atoms with Crippen molar-refractivity contribution in [3.05, 3.63) is 28.5 Å². The van der Waals surface area contributed by atoms with Crippen LogP contribution in [-0.2, 0) is 4.74 Å². The molecular formula is C12H17BrN2O2. The van der Waals surface area contributed by atoms with Crippen LogP contribution in [0.1, 0.15) is 39.3 Å². The molecule has 94 valence electrons. The van der Waals surface area contributed by atoms with Gasteiger partial charge in [-0.3, -0.25) is 4.98 Å². The summed E-state index contributed by atoms with van der Waals surface area (Å²) >= 11 is 3.34. The Morgan fingerprint density at radius 1 is 1.47 bits per heavy atom. The highest BCUT2D eigenvalue weighted by Crippen LogP contribution is 2.17. The van der Waals surface area contributed by atoms with E-state index in [9.17, 15) is 4.79 Å². The van der Waals surface area contributed by atoms with Gasteiger partial charge in [0.25, 0.3) is 0 Å². The van der Waals surface area contributed by atoms with Crippen LogP contribution in [0, 0.1) is 0 Å². The van der Waals surface area contributed by atoms with Gasteiger partial charge >= 0.3 is 6.09 Å². The van der Waals surface area contributed by atoms with Gasteiger partial charge in [-0.15, -0.1) is 0 Å². The summed E-state index contributed by atoms with van der Waals surface area (Å²) in [6.45, 7) is 7.38. The first kappa shape index (κ1) is 14.0. The minimum Gasteiger partial charge on any atom is -0.444 e. The van der Waals surface area contributed by atoms with Crippen LogP contribution in [-0.4, -0.2) is 16.7 Å². The third-order valence-corrected chi connectivity index (χ3v) is 2.39. The number of alkyl carbamates (subject to hydrolysis) is 1. The average molecular weight is 301 g/mol. The Morgan fingerprint density at radius 2 is 2.12 bits per heavy atom. The Balaban J connectivity index is 2.61. The number of nitrogens with zero attached hydrogens (tertiary/aromatic N) is 1. The summed E-state index contributed by atoms with van der Waals surface area (Å²) in [6, 6.07) is 1.77. The molecule has 0 aromatic carbocycles. The maximum absolute atomic E-state index is 11.6. The molecule has 1 atom stereocenters. The standard InChI is InChI=1S/C12H17BrN2O2/c1-8(9-5-10(13)7-14-6-9)15-11(16)17-12(2,3)4/h5-8H,1-4H3,(H,15,16)/t8-/m0/s1. The van der Waals surface area contributed by atoms with E-state index in [0.29, 0.717) is 0 Å². The Kier molecular flexibility index (Phi) is 4.51. The monoisotopic (exact) mass is 300 g/mol. The Bertz CT molecular complexity index is 402. The van der Waals surface area contributed by atoms with Crippen molar-refractivity contribution < 1.29 is 9.53 Å². The van der Waals surface area contributed by atoms with Gasteiger partial charge in [-0.25, -0.2) is 4.79 Å². The highest BCUT2D eigenvalue weighted by atomic mass is 79.9. The molecule has 1 N–H and O–H groups in total. The van der Waals surface area contributed by atoms with E-state index >= 15 is 0 Å². The number of ether oxygens (including phenoxy) is 1.